The topological polar surface area (TPSA) is 74.8 Å². The molecule has 0 radical (unpaired) electrons. The molecule has 1 heterocycles. The Hall–Kier alpha value is -2.17. The SMILES string of the molecule is O=C(NC1CCCCCC1)c1ccc2c(=O)[nH]cnc2c1. The first-order valence-corrected chi connectivity index (χ1v) is 7.52. The third-order valence-corrected chi connectivity index (χ3v) is 4.09. The molecule has 21 heavy (non-hydrogen) atoms. The lowest BCUT2D eigenvalue weighted by atomic mass is 10.1. The molecular formula is C16H19N3O2. The third kappa shape index (κ3) is 3.12. The van der Waals surface area contributed by atoms with Crippen LogP contribution in [-0.2, 0) is 0 Å². The van der Waals surface area contributed by atoms with Crippen LogP contribution in [0.2, 0.25) is 0 Å². The van der Waals surface area contributed by atoms with E-state index < -0.39 is 0 Å². The standard InChI is InChI=1S/C16H19N3O2/c20-15(19-12-5-3-1-2-4-6-12)11-7-8-13-14(9-11)17-10-18-16(13)21/h7-10,12H,1-6H2,(H,19,20)(H,17,18,21). The van der Waals surface area contributed by atoms with E-state index in [0.717, 1.165) is 12.8 Å². The van der Waals surface area contributed by atoms with Gasteiger partial charge in [-0.25, -0.2) is 4.98 Å². The van der Waals surface area contributed by atoms with E-state index in [9.17, 15) is 9.59 Å². The Kier molecular flexibility index (Phi) is 3.99. The Morgan fingerprint density at radius 3 is 2.71 bits per heavy atom. The van der Waals surface area contributed by atoms with Crippen LogP contribution >= 0.6 is 0 Å². The molecule has 1 aromatic heterocycles. The van der Waals surface area contributed by atoms with Gasteiger partial charge in [-0.1, -0.05) is 25.7 Å². The van der Waals surface area contributed by atoms with Crippen LogP contribution in [0.5, 0.6) is 0 Å². The van der Waals surface area contributed by atoms with Crippen LogP contribution in [0.15, 0.2) is 29.3 Å². The first-order chi connectivity index (χ1) is 10.2. The number of hydrogen-bond acceptors (Lipinski definition) is 3. The molecule has 0 atom stereocenters. The van der Waals surface area contributed by atoms with Gasteiger partial charge < -0.3 is 10.3 Å². The Morgan fingerprint density at radius 1 is 1.19 bits per heavy atom. The minimum atomic E-state index is -0.185. The highest BCUT2D eigenvalue weighted by molar-refractivity contribution is 5.97. The molecule has 1 aromatic carbocycles. The molecule has 0 saturated heterocycles. The van der Waals surface area contributed by atoms with Crippen molar-refractivity contribution in [3.63, 3.8) is 0 Å². The van der Waals surface area contributed by atoms with Gasteiger partial charge in [-0.3, -0.25) is 9.59 Å². The van der Waals surface area contributed by atoms with E-state index in [2.05, 4.69) is 15.3 Å². The van der Waals surface area contributed by atoms with Crippen molar-refractivity contribution < 1.29 is 4.79 Å². The van der Waals surface area contributed by atoms with Crippen molar-refractivity contribution in [3.8, 4) is 0 Å². The minimum Gasteiger partial charge on any atom is -0.349 e. The number of aromatic amines is 1. The molecule has 1 saturated carbocycles. The molecule has 5 heteroatoms. The molecule has 2 N–H and O–H groups in total. The molecule has 0 aliphatic heterocycles. The van der Waals surface area contributed by atoms with Gasteiger partial charge in [0.1, 0.15) is 0 Å². The molecule has 5 nitrogen and oxygen atoms in total. The molecule has 1 aliphatic rings. The number of H-pyrrole nitrogens is 1. The summed E-state index contributed by atoms with van der Waals surface area (Å²) in [6, 6.07) is 5.29. The summed E-state index contributed by atoms with van der Waals surface area (Å²) in [5.74, 6) is -0.0779. The highest BCUT2D eigenvalue weighted by atomic mass is 16.1. The number of nitrogens with zero attached hydrogens (tertiary/aromatic N) is 1. The number of fused-ring (bicyclic) bond motifs is 1. The number of hydrogen-bond donors (Lipinski definition) is 2. The van der Waals surface area contributed by atoms with Crippen molar-refractivity contribution in [3.05, 3.63) is 40.4 Å². The van der Waals surface area contributed by atoms with Crippen molar-refractivity contribution in [1.29, 1.82) is 0 Å². The zero-order valence-electron chi connectivity index (χ0n) is 11.9. The van der Waals surface area contributed by atoms with Gasteiger partial charge in [-0.15, -0.1) is 0 Å². The maximum Gasteiger partial charge on any atom is 0.258 e. The predicted octanol–water partition coefficient (Wildman–Crippen LogP) is 2.38. The Bertz CT molecular complexity index is 700. The largest absolute Gasteiger partial charge is 0.349 e. The smallest absolute Gasteiger partial charge is 0.258 e. The maximum atomic E-state index is 12.3. The fourth-order valence-corrected chi connectivity index (χ4v) is 2.90. The minimum absolute atomic E-state index is 0.0779. The predicted molar refractivity (Wildman–Crippen MR) is 81.3 cm³/mol. The van der Waals surface area contributed by atoms with Crippen molar-refractivity contribution in [2.24, 2.45) is 0 Å². The molecule has 3 rings (SSSR count). The molecule has 1 fully saturated rings. The van der Waals surface area contributed by atoms with Crippen molar-refractivity contribution >= 4 is 16.8 Å². The van der Waals surface area contributed by atoms with E-state index in [-0.39, 0.29) is 17.5 Å². The summed E-state index contributed by atoms with van der Waals surface area (Å²) in [7, 11) is 0. The summed E-state index contributed by atoms with van der Waals surface area (Å²) in [5, 5.41) is 3.61. The number of carbonyl (C=O) groups excluding carboxylic acids is 1. The van der Waals surface area contributed by atoms with E-state index in [1.807, 2.05) is 0 Å². The first kappa shape index (κ1) is 13.8. The fourth-order valence-electron chi connectivity index (χ4n) is 2.90. The average Bonchev–Trinajstić information content (AvgIpc) is 2.76. The lowest BCUT2D eigenvalue weighted by Crippen LogP contribution is -2.34. The molecular weight excluding hydrogens is 266 g/mol. The number of carbonyl (C=O) groups is 1. The number of aromatic nitrogens is 2. The van der Waals surface area contributed by atoms with E-state index in [0.29, 0.717) is 16.5 Å². The van der Waals surface area contributed by atoms with E-state index in [4.69, 9.17) is 0 Å². The second-order valence-corrected chi connectivity index (χ2v) is 5.63. The molecule has 0 spiro atoms. The van der Waals surface area contributed by atoms with Crippen LogP contribution in [0.1, 0.15) is 48.9 Å². The van der Waals surface area contributed by atoms with Crippen LogP contribution in [0.3, 0.4) is 0 Å². The van der Waals surface area contributed by atoms with Crippen LogP contribution in [0.25, 0.3) is 10.9 Å². The summed E-state index contributed by atoms with van der Waals surface area (Å²) in [5.41, 5.74) is 0.924. The van der Waals surface area contributed by atoms with Gasteiger partial charge in [0.25, 0.3) is 11.5 Å². The number of benzene rings is 1. The molecule has 110 valence electrons. The van der Waals surface area contributed by atoms with Crippen molar-refractivity contribution in [2.75, 3.05) is 0 Å². The normalized spacial score (nSPS) is 16.6. The van der Waals surface area contributed by atoms with E-state index in [1.165, 1.54) is 32.0 Å². The van der Waals surface area contributed by atoms with Crippen LogP contribution in [0.4, 0.5) is 0 Å². The Labute approximate surface area is 122 Å². The summed E-state index contributed by atoms with van der Waals surface area (Å²) < 4.78 is 0. The molecule has 1 amide bonds. The second-order valence-electron chi connectivity index (χ2n) is 5.63. The van der Waals surface area contributed by atoms with Gasteiger partial charge in [0.05, 0.1) is 17.2 Å². The Balaban J connectivity index is 1.79. The van der Waals surface area contributed by atoms with Gasteiger partial charge in [0.2, 0.25) is 0 Å². The fraction of sp³-hybridized carbons (Fsp3) is 0.438. The molecule has 1 aliphatic carbocycles. The summed E-state index contributed by atoms with van der Waals surface area (Å²) in [4.78, 5) is 30.6. The number of rotatable bonds is 2. The quantitative estimate of drug-likeness (QED) is 0.832. The molecule has 0 bridgehead atoms. The van der Waals surface area contributed by atoms with Crippen LogP contribution in [0, 0.1) is 0 Å². The maximum absolute atomic E-state index is 12.3. The van der Waals surface area contributed by atoms with Crippen LogP contribution < -0.4 is 10.9 Å². The van der Waals surface area contributed by atoms with Gasteiger partial charge in [-0.2, -0.15) is 0 Å². The second kappa shape index (κ2) is 6.08. The number of nitrogens with one attached hydrogen (secondary N) is 2. The van der Waals surface area contributed by atoms with Crippen LogP contribution in [-0.4, -0.2) is 21.9 Å². The van der Waals surface area contributed by atoms with Gasteiger partial charge in [0.15, 0.2) is 0 Å². The zero-order chi connectivity index (χ0) is 14.7. The lowest BCUT2D eigenvalue weighted by molar-refractivity contribution is 0.0933. The van der Waals surface area contributed by atoms with E-state index in [1.54, 1.807) is 18.2 Å². The lowest BCUT2D eigenvalue weighted by Gasteiger charge is -2.16. The number of amides is 1. The van der Waals surface area contributed by atoms with Gasteiger partial charge in [0, 0.05) is 11.6 Å². The summed E-state index contributed by atoms with van der Waals surface area (Å²) >= 11 is 0. The average molecular weight is 285 g/mol. The summed E-state index contributed by atoms with van der Waals surface area (Å²) in [6.07, 6.45) is 8.34. The molecule has 2 aromatic rings. The highest BCUT2D eigenvalue weighted by Gasteiger charge is 2.16. The monoisotopic (exact) mass is 285 g/mol. The third-order valence-electron chi connectivity index (χ3n) is 4.09. The Morgan fingerprint density at radius 2 is 1.95 bits per heavy atom. The van der Waals surface area contributed by atoms with Crippen molar-refractivity contribution in [1.82, 2.24) is 15.3 Å². The van der Waals surface area contributed by atoms with Crippen molar-refractivity contribution in [2.45, 2.75) is 44.6 Å². The van der Waals surface area contributed by atoms with Gasteiger partial charge in [-0.05, 0) is 31.0 Å². The van der Waals surface area contributed by atoms with Gasteiger partial charge >= 0.3 is 0 Å². The first-order valence-electron chi connectivity index (χ1n) is 7.52. The highest BCUT2D eigenvalue weighted by Crippen LogP contribution is 2.18. The molecule has 0 unspecified atom stereocenters. The van der Waals surface area contributed by atoms with E-state index >= 15 is 0 Å². The summed E-state index contributed by atoms with van der Waals surface area (Å²) in [6.45, 7) is 0. The zero-order valence-corrected chi connectivity index (χ0v) is 11.9.